The fourth-order valence-corrected chi connectivity index (χ4v) is 7.04. The zero-order valence-corrected chi connectivity index (χ0v) is 34.8. The maximum atomic E-state index is 12.7. The van der Waals surface area contributed by atoms with Crippen molar-refractivity contribution in [3.8, 4) is 33.9 Å². The van der Waals surface area contributed by atoms with Gasteiger partial charge in [-0.3, -0.25) is 4.79 Å². The first-order valence-corrected chi connectivity index (χ1v) is 20.3. The minimum absolute atomic E-state index is 0.199. The number of benzene rings is 4. The molecule has 2 aliphatic heterocycles. The van der Waals surface area contributed by atoms with Gasteiger partial charge in [-0.25, -0.2) is 23.7 Å². The number of carbonyl (C=O) groups is 4. The van der Waals surface area contributed by atoms with Crippen molar-refractivity contribution < 1.29 is 24.3 Å². The number of amides is 5. The van der Waals surface area contributed by atoms with E-state index in [1.807, 2.05) is 88.2 Å². The summed E-state index contributed by atoms with van der Waals surface area (Å²) < 4.78 is 3.74. The number of nitrogens with one attached hydrogen (secondary N) is 3. The number of hydrogen-bond donors (Lipinski definition) is 5. The molecule has 15 nitrogen and oxygen atoms in total. The predicted octanol–water partition coefficient (Wildman–Crippen LogP) is 6.62. The lowest BCUT2D eigenvalue weighted by Gasteiger charge is -2.16. The lowest BCUT2D eigenvalue weighted by atomic mass is 10.0. The number of carbonyl (C=O) groups excluding carboxylic acids is 3. The van der Waals surface area contributed by atoms with Crippen LogP contribution in [-0.2, 0) is 22.4 Å². The fourth-order valence-electron chi connectivity index (χ4n) is 7.04. The Bertz CT molecular complexity index is 2450. The largest absolute Gasteiger partial charge is 0.480 e. The van der Waals surface area contributed by atoms with Gasteiger partial charge in [-0.1, -0.05) is 99.5 Å². The van der Waals surface area contributed by atoms with Crippen LogP contribution in [0.3, 0.4) is 0 Å². The van der Waals surface area contributed by atoms with Crippen LogP contribution in [0.25, 0.3) is 33.9 Å². The summed E-state index contributed by atoms with van der Waals surface area (Å²) in [6.07, 6.45) is 4.31. The number of rotatable bonds is 11. The summed E-state index contributed by atoms with van der Waals surface area (Å²) in [5.41, 5.74) is 14.5. The van der Waals surface area contributed by atoms with E-state index in [0.717, 1.165) is 59.6 Å². The number of carboxylic acid groups (broad SMARTS) is 1. The molecule has 15 heteroatoms. The summed E-state index contributed by atoms with van der Waals surface area (Å²) in [5.74, 6) is -0.247. The topological polar surface area (TPSA) is 193 Å². The number of para-hydroxylation sites is 2. The van der Waals surface area contributed by atoms with E-state index in [-0.39, 0.29) is 31.1 Å². The Hall–Kier alpha value is -7.42. The first kappa shape index (κ1) is 43.2. The Kier molecular flexibility index (Phi) is 14.2. The molecule has 2 aliphatic rings. The highest BCUT2D eigenvalue weighted by Gasteiger charge is 2.34. The standard InChI is InChI=1S/C23H25N5O2.C18H19N3.C5H8N2O3/c1-3-8-16-9-7-10-17(13-16)19-14-21(26-28(19)18-11-5-4-6-12-18)25-22(29)20-15-24-23(30)27(20)2;1-2-7-14-8-6-9-15(12-14)17-13-18(19)20-21(17)16-10-4-3-5-11-16;1-7-3(4(8)9)2-6-5(7)10/h4-7,9-14,20H,3,8,15H2,1-2H3,(H,24,30)(H,25,26,29);3-6,8-13H,2,7H2,1H3,(H2,19,20);3H,2H2,1H3,(H,6,10)(H,8,9)/t20-;;3-/m1.1/s1. The number of anilines is 2. The van der Waals surface area contributed by atoms with Crippen LogP contribution in [0.5, 0.6) is 0 Å². The van der Waals surface area contributed by atoms with Gasteiger partial charge < -0.3 is 36.6 Å². The van der Waals surface area contributed by atoms with E-state index in [2.05, 4.69) is 82.5 Å². The van der Waals surface area contributed by atoms with E-state index >= 15 is 0 Å². The molecule has 2 saturated heterocycles. The number of nitrogen functional groups attached to an aromatic ring is 1. The van der Waals surface area contributed by atoms with Crippen LogP contribution in [-0.4, -0.2) is 97.7 Å². The number of nitrogens with two attached hydrogens (primary N) is 1. The highest BCUT2D eigenvalue weighted by molar-refractivity contribution is 5.98. The Morgan fingerprint density at radius 2 is 1.15 bits per heavy atom. The van der Waals surface area contributed by atoms with Gasteiger partial charge in [0.2, 0.25) is 5.91 Å². The fraction of sp³-hybridized carbons (Fsp3) is 0.261. The minimum atomic E-state index is -0.971. The van der Waals surface area contributed by atoms with Crippen LogP contribution >= 0.6 is 0 Å². The monoisotopic (exact) mass is 824 g/mol. The average Bonchev–Trinajstić information content (AvgIpc) is 4.05. The molecule has 316 valence electrons. The van der Waals surface area contributed by atoms with Crippen molar-refractivity contribution in [3.05, 3.63) is 132 Å². The molecule has 0 unspecified atom stereocenters. The molecule has 2 fully saturated rings. The van der Waals surface area contributed by atoms with Gasteiger partial charge in [0.25, 0.3) is 0 Å². The van der Waals surface area contributed by atoms with Crippen molar-refractivity contribution in [2.24, 2.45) is 0 Å². The number of hydrogen-bond acceptors (Lipinski definition) is 7. The van der Waals surface area contributed by atoms with Crippen LogP contribution < -0.4 is 21.7 Å². The van der Waals surface area contributed by atoms with E-state index in [9.17, 15) is 19.2 Å². The number of urea groups is 2. The molecule has 4 aromatic carbocycles. The van der Waals surface area contributed by atoms with Gasteiger partial charge in [-0.15, -0.1) is 5.10 Å². The third-order valence-electron chi connectivity index (χ3n) is 10.3. The zero-order valence-electron chi connectivity index (χ0n) is 34.8. The van der Waals surface area contributed by atoms with Crippen LogP contribution in [0.15, 0.2) is 121 Å². The number of likely N-dealkylation sites (N-methyl/N-ethyl adjacent to an activating group) is 2. The molecule has 8 rings (SSSR count). The second kappa shape index (κ2) is 20.0. The SMILES string of the molecule is CCCc1cccc(-c2cc(N)nn2-c2ccccc2)c1.CCCc1cccc(-c2cc(NC(=O)[C@H]3CNC(=O)N3C)nn2-c2ccccc2)c1.CN1C(=O)NC[C@@H]1C(=O)O. The van der Waals surface area contributed by atoms with Crippen molar-refractivity contribution in [1.82, 2.24) is 40.0 Å². The molecular weight excluding hydrogens is 773 g/mol. The normalized spacial score (nSPS) is 15.5. The molecule has 6 aromatic rings. The molecule has 6 N–H and O–H groups in total. The van der Waals surface area contributed by atoms with Gasteiger partial charge in [0.15, 0.2) is 5.82 Å². The third kappa shape index (κ3) is 10.6. The van der Waals surface area contributed by atoms with Crippen LogP contribution in [0.2, 0.25) is 0 Å². The summed E-state index contributed by atoms with van der Waals surface area (Å²) in [6, 6.07) is 38.8. The smallest absolute Gasteiger partial charge is 0.328 e. The first-order chi connectivity index (χ1) is 29.5. The quantitative estimate of drug-likeness (QED) is 0.0962. The molecule has 0 aliphatic carbocycles. The van der Waals surface area contributed by atoms with Gasteiger partial charge in [0, 0.05) is 43.9 Å². The molecule has 61 heavy (non-hydrogen) atoms. The van der Waals surface area contributed by atoms with Crippen LogP contribution in [0.1, 0.15) is 37.8 Å². The first-order valence-electron chi connectivity index (χ1n) is 20.3. The van der Waals surface area contributed by atoms with E-state index in [1.54, 1.807) is 7.05 Å². The number of aromatic nitrogens is 4. The van der Waals surface area contributed by atoms with Crippen molar-refractivity contribution in [2.75, 3.05) is 38.2 Å². The van der Waals surface area contributed by atoms with Gasteiger partial charge in [0.05, 0.1) is 29.3 Å². The number of aryl methyl sites for hydroxylation is 2. The lowest BCUT2D eigenvalue weighted by Crippen LogP contribution is -2.40. The summed E-state index contributed by atoms with van der Waals surface area (Å²) >= 11 is 0. The van der Waals surface area contributed by atoms with Gasteiger partial charge in [-0.05, 0) is 60.4 Å². The minimum Gasteiger partial charge on any atom is -0.480 e. The Morgan fingerprint density at radius 3 is 1.59 bits per heavy atom. The number of carboxylic acids is 1. The zero-order chi connectivity index (χ0) is 43.5. The summed E-state index contributed by atoms with van der Waals surface area (Å²) in [4.78, 5) is 47.9. The van der Waals surface area contributed by atoms with Crippen LogP contribution in [0.4, 0.5) is 21.2 Å². The Morgan fingerprint density at radius 1 is 0.672 bits per heavy atom. The van der Waals surface area contributed by atoms with Crippen molar-refractivity contribution >= 4 is 35.6 Å². The molecule has 2 aromatic heterocycles. The second-order valence-electron chi connectivity index (χ2n) is 14.7. The van der Waals surface area contributed by atoms with Crippen LogP contribution in [0, 0.1) is 0 Å². The Labute approximate surface area is 355 Å². The molecule has 0 bridgehead atoms. The maximum absolute atomic E-state index is 12.7. The van der Waals surface area contributed by atoms with Gasteiger partial charge >= 0.3 is 18.0 Å². The van der Waals surface area contributed by atoms with Crippen molar-refractivity contribution in [3.63, 3.8) is 0 Å². The van der Waals surface area contributed by atoms with E-state index in [4.69, 9.17) is 10.8 Å². The van der Waals surface area contributed by atoms with Crippen molar-refractivity contribution in [1.29, 1.82) is 0 Å². The van der Waals surface area contributed by atoms with E-state index in [1.165, 1.54) is 28.0 Å². The number of aliphatic carboxylic acids is 1. The average molecular weight is 825 g/mol. The summed E-state index contributed by atoms with van der Waals surface area (Å²) in [5, 5.41) is 25.5. The van der Waals surface area contributed by atoms with Crippen molar-refractivity contribution in [2.45, 2.75) is 51.6 Å². The molecule has 2 atom stereocenters. The second-order valence-corrected chi connectivity index (χ2v) is 14.7. The van der Waals surface area contributed by atoms with Gasteiger partial charge in [-0.2, -0.15) is 5.10 Å². The third-order valence-corrected chi connectivity index (χ3v) is 10.3. The summed E-state index contributed by atoms with van der Waals surface area (Å²) in [7, 11) is 3.07. The molecular formula is C46H52N10O5. The van der Waals surface area contributed by atoms with E-state index < -0.39 is 18.1 Å². The highest BCUT2D eigenvalue weighted by atomic mass is 16.4. The highest BCUT2D eigenvalue weighted by Crippen LogP contribution is 2.28. The lowest BCUT2D eigenvalue weighted by molar-refractivity contribution is -0.140. The summed E-state index contributed by atoms with van der Waals surface area (Å²) in [6.45, 7) is 4.84. The molecule has 0 saturated carbocycles. The predicted molar refractivity (Wildman–Crippen MR) is 237 cm³/mol. The van der Waals surface area contributed by atoms with E-state index in [0.29, 0.717) is 11.6 Å². The molecule has 0 radical (unpaired) electrons. The molecule has 0 spiro atoms. The van der Waals surface area contributed by atoms with Gasteiger partial charge in [0.1, 0.15) is 17.9 Å². The Balaban J connectivity index is 0.000000173. The molecule has 5 amide bonds. The number of nitrogens with zero attached hydrogens (tertiary/aromatic N) is 6. The molecule has 4 heterocycles. The maximum Gasteiger partial charge on any atom is 0.328 e.